The molecule has 4 nitrogen and oxygen atoms in total. The zero-order valence-corrected chi connectivity index (χ0v) is 14.7. The van der Waals surface area contributed by atoms with Crippen molar-refractivity contribution >= 4 is 17.2 Å². The number of methoxy groups -OCH3 is 1. The Bertz CT molecular complexity index is 699. The summed E-state index contributed by atoms with van der Waals surface area (Å²) in [6, 6.07) is 8.32. The van der Waals surface area contributed by atoms with Gasteiger partial charge in [-0.3, -0.25) is 4.79 Å². The number of nitrogens with zero attached hydrogens (tertiary/aromatic N) is 2. The number of hydrogen-bond donors (Lipinski definition) is 0. The molecule has 1 aromatic carbocycles. The predicted molar refractivity (Wildman–Crippen MR) is 94.3 cm³/mol. The molecule has 1 saturated heterocycles. The van der Waals surface area contributed by atoms with Gasteiger partial charge in [-0.25, -0.2) is 4.98 Å². The maximum Gasteiger partial charge on any atom is 0.226 e. The first kappa shape index (κ1) is 15.6. The number of piperidine rings is 1. The summed E-state index contributed by atoms with van der Waals surface area (Å²) in [5, 5.41) is 3.09. The van der Waals surface area contributed by atoms with Gasteiger partial charge in [0.15, 0.2) is 0 Å². The van der Waals surface area contributed by atoms with Crippen molar-refractivity contribution in [2.45, 2.75) is 37.6 Å². The standard InChI is InChI=1S/C19H22N2O2S/c1-23-14-7-5-13(6-8-14)15-12-16(15)19(22)21-10-3-2-4-17(21)18-20-9-11-24-18/h5-9,11,15-17H,2-4,10,12H2,1H3/t15-,16+,17+/m0/s1. The number of carbonyl (C=O) groups is 1. The maximum absolute atomic E-state index is 13.1. The number of carbonyl (C=O) groups excluding carboxylic acids is 1. The molecule has 1 aromatic heterocycles. The molecule has 2 aliphatic rings. The molecule has 2 fully saturated rings. The molecule has 5 heteroatoms. The van der Waals surface area contributed by atoms with E-state index in [9.17, 15) is 4.79 Å². The molecule has 2 heterocycles. The van der Waals surface area contributed by atoms with E-state index in [1.54, 1.807) is 18.4 Å². The molecule has 2 aromatic rings. The van der Waals surface area contributed by atoms with Crippen molar-refractivity contribution in [3.8, 4) is 5.75 Å². The van der Waals surface area contributed by atoms with Gasteiger partial charge in [-0.15, -0.1) is 11.3 Å². The molecule has 1 aliphatic carbocycles. The van der Waals surface area contributed by atoms with E-state index in [1.807, 2.05) is 23.7 Å². The quantitative estimate of drug-likeness (QED) is 0.843. The van der Waals surface area contributed by atoms with E-state index in [0.29, 0.717) is 11.8 Å². The van der Waals surface area contributed by atoms with E-state index < -0.39 is 0 Å². The third-order valence-electron chi connectivity index (χ3n) is 5.17. The maximum atomic E-state index is 13.1. The smallest absolute Gasteiger partial charge is 0.226 e. The number of thiazole rings is 1. The summed E-state index contributed by atoms with van der Waals surface area (Å²) in [6.07, 6.45) is 6.13. The molecular formula is C19H22N2O2S. The van der Waals surface area contributed by atoms with Gasteiger partial charge in [-0.2, -0.15) is 0 Å². The van der Waals surface area contributed by atoms with E-state index in [4.69, 9.17) is 4.74 Å². The van der Waals surface area contributed by atoms with Gasteiger partial charge in [-0.05, 0) is 49.3 Å². The minimum absolute atomic E-state index is 0.138. The Morgan fingerprint density at radius 2 is 2.12 bits per heavy atom. The summed E-state index contributed by atoms with van der Waals surface area (Å²) in [6.45, 7) is 0.870. The van der Waals surface area contributed by atoms with Crippen LogP contribution in [-0.2, 0) is 4.79 Å². The normalized spacial score (nSPS) is 26.2. The molecule has 0 radical (unpaired) electrons. The van der Waals surface area contributed by atoms with Gasteiger partial charge in [-0.1, -0.05) is 12.1 Å². The summed E-state index contributed by atoms with van der Waals surface area (Å²) >= 11 is 1.67. The molecule has 4 rings (SSSR count). The molecule has 126 valence electrons. The van der Waals surface area contributed by atoms with E-state index in [1.165, 1.54) is 12.0 Å². The summed E-state index contributed by atoms with van der Waals surface area (Å²) in [5.74, 6) is 1.68. The van der Waals surface area contributed by atoms with Crippen molar-refractivity contribution in [2.24, 2.45) is 5.92 Å². The Balaban J connectivity index is 1.47. The van der Waals surface area contributed by atoms with Gasteiger partial charge < -0.3 is 9.64 Å². The molecule has 0 bridgehead atoms. The number of rotatable bonds is 4. The monoisotopic (exact) mass is 342 g/mol. The molecule has 1 aliphatic heterocycles. The van der Waals surface area contributed by atoms with Crippen LogP contribution >= 0.6 is 11.3 Å². The molecule has 24 heavy (non-hydrogen) atoms. The van der Waals surface area contributed by atoms with Crippen LogP contribution < -0.4 is 4.74 Å². The highest BCUT2D eigenvalue weighted by Gasteiger charge is 2.47. The van der Waals surface area contributed by atoms with Crippen LogP contribution in [0.5, 0.6) is 5.75 Å². The van der Waals surface area contributed by atoms with Crippen molar-refractivity contribution in [3.05, 3.63) is 46.4 Å². The number of hydrogen-bond acceptors (Lipinski definition) is 4. The number of benzene rings is 1. The van der Waals surface area contributed by atoms with Crippen LogP contribution in [0.4, 0.5) is 0 Å². The average molecular weight is 342 g/mol. The molecule has 0 unspecified atom stereocenters. The van der Waals surface area contributed by atoms with Crippen LogP contribution in [0.15, 0.2) is 35.8 Å². The third kappa shape index (κ3) is 2.93. The van der Waals surface area contributed by atoms with E-state index >= 15 is 0 Å². The van der Waals surface area contributed by atoms with Crippen molar-refractivity contribution in [2.75, 3.05) is 13.7 Å². The Morgan fingerprint density at radius 1 is 1.29 bits per heavy atom. The predicted octanol–water partition coefficient (Wildman–Crippen LogP) is 4.01. The fraction of sp³-hybridized carbons (Fsp3) is 0.474. The summed E-state index contributed by atoms with van der Waals surface area (Å²) in [4.78, 5) is 19.6. The largest absolute Gasteiger partial charge is 0.497 e. The number of amides is 1. The number of ether oxygens (including phenoxy) is 1. The molecule has 1 saturated carbocycles. The lowest BCUT2D eigenvalue weighted by molar-refractivity contribution is -0.136. The van der Waals surface area contributed by atoms with Crippen molar-refractivity contribution in [1.82, 2.24) is 9.88 Å². The Labute approximate surface area is 146 Å². The van der Waals surface area contributed by atoms with Gasteiger partial charge >= 0.3 is 0 Å². The van der Waals surface area contributed by atoms with Gasteiger partial charge in [0.2, 0.25) is 5.91 Å². The number of aromatic nitrogens is 1. The van der Waals surface area contributed by atoms with E-state index in [0.717, 1.165) is 36.6 Å². The highest BCUT2D eigenvalue weighted by molar-refractivity contribution is 7.09. The Kier molecular flexibility index (Phi) is 4.27. The van der Waals surface area contributed by atoms with Crippen molar-refractivity contribution in [1.29, 1.82) is 0 Å². The lowest BCUT2D eigenvalue weighted by Gasteiger charge is -2.34. The second kappa shape index (κ2) is 6.55. The first-order valence-electron chi connectivity index (χ1n) is 8.61. The van der Waals surface area contributed by atoms with Crippen LogP contribution in [0.3, 0.4) is 0 Å². The molecule has 1 amide bonds. The minimum atomic E-state index is 0.138. The summed E-state index contributed by atoms with van der Waals surface area (Å²) in [7, 11) is 1.67. The van der Waals surface area contributed by atoms with Crippen LogP contribution in [0.1, 0.15) is 48.2 Å². The van der Waals surface area contributed by atoms with Crippen LogP contribution in [0, 0.1) is 5.92 Å². The number of likely N-dealkylation sites (tertiary alicyclic amines) is 1. The molecule has 0 N–H and O–H groups in total. The fourth-order valence-corrected chi connectivity index (χ4v) is 4.54. The first-order chi connectivity index (χ1) is 11.8. The molecular weight excluding hydrogens is 320 g/mol. The van der Waals surface area contributed by atoms with Gasteiger partial charge in [0, 0.05) is 24.0 Å². The minimum Gasteiger partial charge on any atom is -0.497 e. The van der Waals surface area contributed by atoms with Crippen LogP contribution in [0.2, 0.25) is 0 Å². The molecule has 3 atom stereocenters. The molecule has 0 spiro atoms. The lowest BCUT2D eigenvalue weighted by Crippen LogP contribution is -2.39. The zero-order valence-electron chi connectivity index (χ0n) is 13.9. The van der Waals surface area contributed by atoms with Crippen molar-refractivity contribution in [3.63, 3.8) is 0 Å². The first-order valence-corrected chi connectivity index (χ1v) is 9.49. The van der Waals surface area contributed by atoms with Gasteiger partial charge in [0.05, 0.1) is 13.2 Å². The highest BCUT2D eigenvalue weighted by atomic mass is 32.1. The Morgan fingerprint density at radius 3 is 2.83 bits per heavy atom. The lowest BCUT2D eigenvalue weighted by atomic mass is 10.0. The second-order valence-corrected chi connectivity index (χ2v) is 7.56. The Hall–Kier alpha value is -1.88. The van der Waals surface area contributed by atoms with E-state index in [2.05, 4.69) is 22.0 Å². The van der Waals surface area contributed by atoms with Crippen LogP contribution in [-0.4, -0.2) is 29.4 Å². The van der Waals surface area contributed by atoms with Crippen molar-refractivity contribution < 1.29 is 9.53 Å². The SMILES string of the molecule is COc1ccc([C@@H]2C[C@H]2C(=O)N2CCCC[C@@H]2c2nccs2)cc1. The zero-order chi connectivity index (χ0) is 16.5. The third-order valence-corrected chi connectivity index (χ3v) is 6.05. The summed E-state index contributed by atoms with van der Waals surface area (Å²) in [5.41, 5.74) is 1.25. The topological polar surface area (TPSA) is 42.4 Å². The van der Waals surface area contributed by atoms with E-state index in [-0.39, 0.29) is 12.0 Å². The second-order valence-electron chi connectivity index (χ2n) is 6.64. The van der Waals surface area contributed by atoms with Gasteiger partial charge in [0.25, 0.3) is 0 Å². The highest BCUT2D eigenvalue weighted by Crippen LogP contribution is 2.50. The summed E-state index contributed by atoms with van der Waals surface area (Å²) < 4.78 is 5.21. The fourth-order valence-electron chi connectivity index (χ4n) is 3.75. The average Bonchev–Trinajstić information content (AvgIpc) is 3.25. The van der Waals surface area contributed by atoms with Gasteiger partial charge in [0.1, 0.15) is 10.8 Å². The van der Waals surface area contributed by atoms with Crippen LogP contribution in [0.25, 0.3) is 0 Å².